The van der Waals surface area contributed by atoms with Gasteiger partial charge < -0.3 is 9.88 Å². The number of H-pyrrole nitrogens is 1. The highest BCUT2D eigenvalue weighted by atomic mass is 16.1. The van der Waals surface area contributed by atoms with Gasteiger partial charge in [-0.25, -0.2) is 9.97 Å². The van der Waals surface area contributed by atoms with Gasteiger partial charge >= 0.3 is 0 Å². The molecular weight excluding hydrogens is 386 g/mol. The third-order valence-electron chi connectivity index (χ3n) is 7.91. The fourth-order valence-electron chi connectivity index (χ4n) is 5.65. The van der Waals surface area contributed by atoms with Crippen molar-refractivity contribution in [2.45, 2.75) is 57.9 Å². The number of aromatic amines is 1. The number of allylic oxidation sites excluding steroid dienone is 1. The van der Waals surface area contributed by atoms with Gasteiger partial charge in [0.2, 0.25) is 0 Å². The lowest BCUT2D eigenvalue weighted by atomic mass is 9.84. The number of aryl methyl sites for hydroxylation is 2. The van der Waals surface area contributed by atoms with Crippen LogP contribution < -0.4 is 10.5 Å². The number of aromatic nitrogens is 3. The molecule has 1 N–H and O–H groups in total. The maximum absolute atomic E-state index is 12.8. The molecule has 31 heavy (non-hydrogen) atoms. The number of nitrogens with zero attached hydrogens (tertiary/aromatic N) is 4. The van der Waals surface area contributed by atoms with Gasteiger partial charge in [-0.3, -0.25) is 9.69 Å². The van der Waals surface area contributed by atoms with Crippen molar-refractivity contribution < 1.29 is 0 Å². The Morgan fingerprint density at radius 3 is 2.68 bits per heavy atom. The van der Waals surface area contributed by atoms with Crippen LogP contribution in [0.4, 0.5) is 5.82 Å². The van der Waals surface area contributed by atoms with Gasteiger partial charge in [0.15, 0.2) is 0 Å². The van der Waals surface area contributed by atoms with Gasteiger partial charge in [-0.05, 0) is 74.5 Å². The van der Waals surface area contributed by atoms with Crippen molar-refractivity contribution in [1.82, 2.24) is 19.9 Å². The lowest BCUT2D eigenvalue weighted by molar-refractivity contribution is 0.214. The molecule has 6 rings (SSSR count). The average molecular weight is 418 g/mol. The summed E-state index contributed by atoms with van der Waals surface area (Å²) in [5.41, 5.74) is 4.99. The highest BCUT2D eigenvalue weighted by Crippen LogP contribution is 2.53. The minimum atomic E-state index is 0.106. The number of hydrogen-bond acceptors (Lipinski definition) is 5. The van der Waals surface area contributed by atoms with Crippen molar-refractivity contribution in [2.75, 3.05) is 31.1 Å². The predicted molar refractivity (Wildman–Crippen MR) is 122 cm³/mol. The van der Waals surface area contributed by atoms with Gasteiger partial charge in [0.1, 0.15) is 11.6 Å². The second kappa shape index (κ2) is 7.30. The van der Waals surface area contributed by atoms with E-state index in [0.29, 0.717) is 11.5 Å². The summed E-state index contributed by atoms with van der Waals surface area (Å²) < 4.78 is 0. The highest BCUT2D eigenvalue weighted by Gasteiger charge is 2.45. The number of hydrogen-bond donors (Lipinski definition) is 1. The van der Waals surface area contributed by atoms with Crippen molar-refractivity contribution in [3.63, 3.8) is 0 Å². The molecule has 1 spiro atoms. The van der Waals surface area contributed by atoms with E-state index in [9.17, 15) is 4.79 Å². The largest absolute Gasteiger partial charge is 0.354 e. The van der Waals surface area contributed by atoms with Gasteiger partial charge in [0.05, 0.1) is 5.69 Å². The van der Waals surface area contributed by atoms with E-state index in [4.69, 9.17) is 4.98 Å². The summed E-state index contributed by atoms with van der Waals surface area (Å²) in [5, 5.41) is 0. The molecule has 1 saturated carbocycles. The smallest absolute Gasteiger partial charge is 0.254 e. The normalized spacial score (nSPS) is 24.9. The fraction of sp³-hybridized carbons (Fsp3) is 0.560. The monoisotopic (exact) mass is 417 g/mol. The quantitative estimate of drug-likeness (QED) is 0.831. The molecule has 1 aliphatic heterocycles. The number of rotatable bonds is 3. The molecule has 0 amide bonds. The predicted octanol–water partition coefficient (Wildman–Crippen LogP) is 3.11. The molecule has 0 aromatic carbocycles. The lowest BCUT2D eigenvalue weighted by Gasteiger charge is -2.38. The first-order chi connectivity index (χ1) is 15.1. The number of pyridine rings is 1. The zero-order valence-electron chi connectivity index (χ0n) is 18.4. The molecule has 0 bridgehead atoms. The van der Waals surface area contributed by atoms with Crippen molar-refractivity contribution >= 4 is 11.4 Å². The number of fused-ring (bicyclic) bond motifs is 1. The Morgan fingerprint density at radius 2 is 1.94 bits per heavy atom. The Kier molecular flexibility index (Phi) is 4.53. The topological polar surface area (TPSA) is 65.1 Å². The lowest BCUT2D eigenvalue weighted by Crippen LogP contribution is -2.49. The van der Waals surface area contributed by atoms with E-state index in [1.54, 1.807) is 0 Å². The van der Waals surface area contributed by atoms with Crippen molar-refractivity contribution in [3.05, 3.63) is 57.4 Å². The first-order valence-electron chi connectivity index (χ1n) is 11.8. The van der Waals surface area contributed by atoms with Crippen LogP contribution in [0.15, 0.2) is 29.2 Å². The van der Waals surface area contributed by atoms with Crippen LogP contribution in [0.25, 0.3) is 5.57 Å². The van der Waals surface area contributed by atoms with Crippen molar-refractivity contribution in [1.29, 1.82) is 0 Å². The SMILES string of the molecule is Cc1ccc(N2CCN([C@H]3C=C(c4nc5c(c(=O)[nH]4)CC4(CC5)CC4)CC3)CC2)nc1. The maximum Gasteiger partial charge on any atom is 0.254 e. The summed E-state index contributed by atoms with van der Waals surface area (Å²) in [5.74, 6) is 1.90. The Bertz CT molecular complexity index is 1070. The summed E-state index contributed by atoms with van der Waals surface area (Å²) >= 11 is 0. The third kappa shape index (κ3) is 3.61. The Morgan fingerprint density at radius 1 is 1.10 bits per heavy atom. The first kappa shape index (κ1) is 19.2. The molecule has 1 atom stereocenters. The fourth-order valence-corrected chi connectivity index (χ4v) is 5.65. The molecule has 4 aliphatic rings. The summed E-state index contributed by atoms with van der Waals surface area (Å²) in [6.07, 6.45) is 12.1. The minimum absolute atomic E-state index is 0.106. The van der Waals surface area contributed by atoms with Crippen LogP contribution in [0.3, 0.4) is 0 Å². The zero-order valence-corrected chi connectivity index (χ0v) is 18.4. The van der Waals surface area contributed by atoms with Crippen LogP contribution in [0.1, 0.15) is 54.7 Å². The van der Waals surface area contributed by atoms with E-state index >= 15 is 0 Å². The van der Waals surface area contributed by atoms with E-state index in [2.05, 4.69) is 44.9 Å². The van der Waals surface area contributed by atoms with Gasteiger partial charge in [0, 0.05) is 44.0 Å². The standard InChI is InChI=1S/C25H31N5O/c1-17-2-5-22(26-16-17)30-12-10-29(11-13-30)19-4-3-18(14-19)23-27-21-6-7-25(8-9-25)15-20(21)24(31)28-23/h2,5,14,16,19H,3-4,6-13,15H2,1H3,(H,27,28,31)/t19-/m1/s1. The number of anilines is 1. The van der Waals surface area contributed by atoms with Crippen molar-refractivity contribution in [3.8, 4) is 0 Å². The molecule has 2 aromatic rings. The van der Waals surface area contributed by atoms with Crippen LogP contribution in [0.5, 0.6) is 0 Å². The first-order valence-corrected chi connectivity index (χ1v) is 11.8. The van der Waals surface area contributed by atoms with Crippen LogP contribution in [-0.4, -0.2) is 52.1 Å². The van der Waals surface area contributed by atoms with Crippen LogP contribution in [-0.2, 0) is 12.8 Å². The van der Waals surface area contributed by atoms with E-state index in [1.807, 2.05) is 6.20 Å². The zero-order chi connectivity index (χ0) is 21.0. The van der Waals surface area contributed by atoms with E-state index in [0.717, 1.165) is 74.8 Å². The summed E-state index contributed by atoms with van der Waals surface area (Å²) in [4.78, 5) is 30.4. The molecule has 0 radical (unpaired) electrons. The molecule has 3 aliphatic carbocycles. The van der Waals surface area contributed by atoms with Crippen LogP contribution in [0, 0.1) is 12.3 Å². The molecular formula is C25H31N5O. The minimum Gasteiger partial charge on any atom is -0.354 e. The van der Waals surface area contributed by atoms with Crippen LogP contribution in [0.2, 0.25) is 0 Å². The molecule has 6 nitrogen and oxygen atoms in total. The van der Waals surface area contributed by atoms with E-state index < -0.39 is 0 Å². The van der Waals surface area contributed by atoms with Gasteiger partial charge in [-0.15, -0.1) is 0 Å². The maximum atomic E-state index is 12.8. The van der Waals surface area contributed by atoms with E-state index in [1.165, 1.54) is 30.4 Å². The molecule has 3 heterocycles. The summed E-state index contributed by atoms with van der Waals surface area (Å²) in [6, 6.07) is 4.71. The second-order valence-electron chi connectivity index (χ2n) is 10.0. The molecule has 162 valence electrons. The molecule has 0 unspecified atom stereocenters. The van der Waals surface area contributed by atoms with E-state index in [-0.39, 0.29) is 5.56 Å². The van der Waals surface area contributed by atoms with Crippen molar-refractivity contribution in [2.24, 2.45) is 5.41 Å². The van der Waals surface area contributed by atoms with Gasteiger partial charge in [-0.2, -0.15) is 0 Å². The van der Waals surface area contributed by atoms with Gasteiger partial charge in [0.25, 0.3) is 5.56 Å². The average Bonchev–Trinajstić information content (AvgIpc) is 3.35. The molecule has 1 saturated heterocycles. The third-order valence-corrected chi connectivity index (χ3v) is 7.91. The molecule has 6 heteroatoms. The molecule has 2 aromatic heterocycles. The van der Waals surface area contributed by atoms with Gasteiger partial charge in [-0.1, -0.05) is 12.1 Å². The summed E-state index contributed by atoms with van der Waals surface area (Å²) in [7, 11) is 0. The number of piperazine rings is 1. The van der Waals surface area contributed by atoms with Crippen LogP contribution >= 0.6 is 0 Å². The number of nitrogens with one attached hydrogen (secondary N) is 1. The Labute approximate surface area is 183 Å². The Hall–Kier alpha value is -2.47. The second-order valence-corrected chi connectivity index (χ2v) is 10.0. The Balaban J connectivity index is 1.14. The molecule has 2 fully saturated rings. The summed E-state index contributed by atoms with van der Waals surface area (Å²) in [6.45, 7) is 6.17. The highest BCUT2D eigenvalue weighted by molar-refractivity contribution is 5.63.